The molecule has 0 radical (unpaired) electrons. The molecule has 6 aromatic rings. The third kappa shape index (κ3) is 4.00. The Morgan fingerprint density at radius 3 is 1.42 bits per heavy atom. The minimum absolute atomic E-state index is 0.851. The maximum atomic E-state index is 6.18. The van der Waals surface area contributed by atoms with E-state index in [-0.39, 0.29) is 0 Å². The maximum absolute atomic E-state index is 6.18. The van der Waals surface area contributed by atoms with Gasteiger partial charge in [-0.05, 0) is 59.7 Å². The number of ether oxygens (including phenoxy) is 1. The lowest BCUT2D eigenvalue weighted by Crippen LogP contribution is -2.15. The summed E-state index contributed by atoms with van der Waals surface area (Å²) in [6.07, 6.45) is 0. The van der Waals surface area contributed by atoms with Gasteiger partial charge in [0.1, 0.15) is 0 Å². The zero-order valence-corrected chi connectivity index (χ0v) is 20.7. The Hall–Kier alpha value is -5.15. The number of hydrogen-bond acceptors (Lipinski definition) is 3. The number of rotatable bonds is 4. The fourth-order valence-electron chi connectivity index (χ4n) is 5.00. The highest BCUT2D eigenvalue weighted by Crippen LogP contribution is 2.50. The molecule has 0 amide bonds. The Morgan fingerprint density at radius 2 is 0.895 bits per heavy atom. The van der Waals surface area contributed by atoms with E-state index in [1.165, 1.54) is 0 Å². The lowest BCUT2D eigenvalue weighted by atomic mass is 9.99. The SMILES string of the molecule is c1ccc(-c2cc(-c3ccc(N4c5ccccc5Oc5ccccc54)cc3)cc(-c3ccccc3)n2)cc1. The van der Waals surface area contributed by atoms with Crippen LogP contribution in [-0.2, 0) is 0 Å². The zero-order valence-electron chi connectivity index (χ0n) is 20.7. The molecule has 5 aromatic carbocycles. The van der Waals surface area contributed by atoms with Gasteiger partial charge in [0.2, 0.25) is 0 Å². The summed E-state index contributed by atoms with van der Waals surface area (Å²) < 4.78 is 6.18. The minimum Gasteiger partial charge on any atom is -0.453 e. The van der Waals surface area contributed by atoms with Crippen molar-refractivity contribution in [3.8, 4) is 45.1 Å². The molecule has 0 saturated heterocycles. The highest BCUT2D eigenvalue weighted by molar-refractivity contribution is 5.87. The Labute approximate surface area is 222 Å². The monoisotopic (exact) mass is 488 g/mol. The van der Waals surface area contributed by atoms with Crippen molar-refractivity contribution in [2.45, 2.75) is 0 Å². The number of anilines is 3. The molecule has 1 aromatic heterocycles. The zero-order chi connectivity index (χ0) is 25.3. The molecular formula is C35H24N2O. The molecule has 7 rings (SSSR count). The lowest BCUT2D eigenvalue weighted by Gasteiger charge is -2.32. The van der Waals surface area contributed by atoms with E-state index >= 15 is 0 Å². The summed E-state index contributed by atoms with van der Waals surface area (Å²) in [5.41, 5.74) is 9.53. The van der Waals surface area contributed by atoms with E-state index < -0.39 is 0 Å². The molecule has 3 heteroatoms. The molecule has 0 fully saturated rings. The standard InChI is InChI=1S/C35H24N2O/c1-3-11-26(12-4-1)30-23-28(24-31(36-30)27-13-5-2-6-14-27)25-19-21-29(22-20-25)37-32-15-7-9-17-34(32)38-35-18-10-8-16-33(35)37/h1-24H. The number of pyridine rings is 1. The maximum Gasteiger partial charge on any atom is 0.151 e. The molecule has 0 spiro atoms. The van der Waals surface area contributed by atoms with Gasteiger partial charge in [-0.15, -0.1) is 0 Å². The average Bonchev–Trinajstić information content (AvgIpc) is 3.00. The topological polar surface area (TPSA) is 25.4 Å². The van der Waals surface area contributed by atoms with E-state index in [1.807, 2.05) is 48.5 Å². The summed E-state index contributed by atoms with van der Waals surface area (Å²) in [5.74, 6) is 1.70. The summed E-state index contributed by atoms with van der Waals surface area (Å²) in [4.78, 5) is 7.28. The summed E-state index contributed by atoms with van der Waals surface area (Å²) in [6, 6.07) is 50.1. The average molecular weight is 489 g/mol. The molecule has 2 heterocycles. The van der Waals surface area contributed by atoms with Crippen LogP contribution < -0.4 is 9.64 Å². The summed E-state index contributed by atoms with van der Waals surface area (Å²) in [5, 5.41) is 0. The second kappa shape index (κ2) is 9.38. The van der Waals surface area contributed by atoms with Gasteiger partial charge in [-0.25, -0.2) is 4.98 Å². The van der Waals surface area contributed by atoms with Gasteiger partial charge in [0.15, 0.2) is 11.5 Å². The van der Waals surface area contributed by atoms with Crippen molar-refractivity contribution in [1.82, 2.24) is 4.98 Å². The van der Waals surface area contributed by atoms with Crippen molar-refractivity contribution in [3.05, 3.63) is 146 Å². The van der Waals surface area contributed by atoms with Crippen molar-refractivity contribution >= 4 is 17.1 Å². The van der Waals surface area contributed by atoms with Crippen LogP contribution in [0, 0.1) is 0 Å². The molecule has 38 heavy (non-hydrogen) atoms. The molecule has 0 saturated carbocycles. The molecular weight excluding hydrogens is 464 g/mol. The third-order valence-corrected chi connectivity index (χ3v) is 6.86. The first-order valence-corrected chi connectivity index (χ1v) is 12.7. The van der Waals surface area contributed by atoms with Crippen LogP contribution in [0.5, 0.6) is 11.5 Å². The third-order valence-electron chi connectivity index (χ3n) is 6.86. The first-order chi connectivity index (χ1) is 18.8. The molecule has 0 unspecified atom stereocenters. The number of fused-ring (bicyclic) bond motifs is 2. The fraction of sp³-hybridized carbons (Fsp3) is 0. The van der Waals surface area contributed by atoms with Crippen LogP contribution in [0.1, 0.15) is 0 Å². The van der Waals surface area contributed by atoms with Crippen LogP contribution in [0.2, 0.25) is 0 Å². The van der Waals surface area contributed by atoms with Crippen molar-refractivity contribution in [3.63, 3.8) is 0 Å². The van der Waals surface area contributed by atoms with E-state index in [0.29, 0.717) is 0 Å². The second-order valence-corrected chi connectivity index (χ2v) is 9.28. The van der Waals surface area contributed by atoms with E-state index in [9.17, 15) is 0 Å². The Bertz CT molecular complexity index is 1630. The number of hydrogen-bond donors (Lipinski definition) is 0. The van der Waals surface area contributed by atoms with Crippen LogP contribution in [0.4, 0.5) is 17.1 Å². The smallest absolute Gasteiger partial charge is 0.151 e. The summed E-state index contributed by atoms with van der Waals surface area (Å²) >= 11 is 0. The first kappa shape index (κ1) is 22.1. The van der Waals surface area contributed by atoms with Crippen molar-refractivity contribution in [2.24, 2.45) is 0 Å². The number of benzene rings is 5. The van der Waals surface area contributed by atoms with Gasteiger partial charge >= 0.3 is 0 Å². The van der Waals surface area contributed by atoms with E-state index in [2.05, 4.69) is 102 Å². The van der Waals surface area contributed by atoms with E-state index in [0.717, 1.165) is 62.2 Å². The van der Waals surface area contributed by atoms with Crippen LogP contribution >= 0.6 is 0 Å². The molecule has 0 aliphatic carbocycles. The summed E-state index contributed by atoms with van der Waals surface area (Å²) in [6.45, 7) is 0. The van der Waals surface area contributed by atoms with Crippen molar-refractivity contribution in [1.29, 1.82) is 0 Å². The van der Waals surface area contributed by atoms with Crippen molar-refractivity contribution < 1.29 is 4.74 Å². The normalized spacial score (nSPS) is 11.8. The lowest BCUT2D eigenvalue weighted by molar-refractivity contribution is 0.477. The number of para-hydroxylation sites is 4. The number of aromatic nitrogens is 1. The highest BCUT2D eigenvalue weighted by atomic mass is 16.5. The van der Waals surface area contributed by atoms with E-state index in [4.69, 9.17) is 9.72 Å². The fourth-order valence-corrected chi connectivity index (χ4v) is 5.00. The molecule has 3 nitrogen and oxygen atoms in total. The van der Waals surface area contributed by atoms with Gasteiger partial charge in [0.05, 0.1) is 22.8 Å². The van der Waals surface area contributed by atoms with Crippen molar-refractivity contribution in [2.75, 3.05) is 4.90 Å². The van der Waals surface area contributed by atoms with Gasteiger partial charge in [0.25, 0.3) is 0 Å². The molecule has 1 aliphatic rings. The van der Waals surface area contributed by atoms with Gasteiger partial charge in [-0.3, -0.25) is 0 Å². The first-order valence-electron chi connectivity index (χ1n) is 12.7. The molecule has 0 N–H and O–H groups in total. The van der Waals surface area contributed by atoms with Gasteiger partial charge in [-0.2, -0.15) is 0 Å². The molecule has 180 valence electrons. The van der Waals surface area contributed by atoms with Crippen LogP contribution in [0.15, 0.2) is 146 Å². The second-order valence-electron chi connectivity index (χ2n) is 9.28. The predicted octanol–water partition coefficient (Wildman–Crippen LogP) is 9.66. The predicted molar refractivity (Wildman–Crippen MR) is 155 cm³/mol. The minimum atomic E-state index is 0.851. The van der Waals surface area contributed by atoms with Gasteiger partial charge in [0, 0.05) is 16.8 Å². The Balaban J connectivity index is 1.32. The van der Waals surface area contributed by atoms with Crippen LogP contribution in [0.3, 0.4) is 0 Å². The highest BCUT2D eigenvalue weighted by Gasteiger charge is 2.25. The Morgan fingerprint density at radius 1 is 0.421 bits per heavy atom. The molecule has 0 bridgehead atoms. The van der Waals surface area contributed by atoms with E-state index in [1.54, 1.807) is 0 Å². The number of nitrogens with zero attached hydrogens (tertiary/aromatic N) is 2. The quantitative estimate of drug-likeness (QED) is 0.247. The molecule has 1 aliphatic heterocycles. The van der Waals surface area contributed by atoms with Gasteiger partial charge < -0.3 is 9.64 Å². The molecule has 0 atom stereocenters. The summed E-state index contributed by atoms with van der Waals surface area (Å²) in [7, 11) is 0. The van der Waals surface area contributed by atoms with Crippen LogP contribution in [-0.4, -0.2) is 4.98 Å². The Kier molecular flexibility index (Phi) is 5.45. The largest absolute Gasteiger partial charge is 0.453 e. The van der Waals surface area contributed by atoms with Gasteiger partial charge in [-0.1, -0.05) is 97.1 Å². The van der Waals surface area contributed by atoms with Crippen LogP contribution in [0.25, 0.3) is 33.6 Å².